The summed E-state index contributed by atoms with van der Waals surface area (Å²) in [5.41, 5.74) is -0.761. The number of nitrogens with zero attached hydrogens (tertiary/aromatic N) is 2. The summed E-state index contributed by atoms with van der Waals surface area (Å²) in [6, 6.07) is 2.94. The van der Waals surface area contributed by atoms with Gasteiger partial charge in [-0.25, -0.2) is 0 Å². The van der Waals surface area contributed by atoms with Crippen LogP contribution in [0.5, 0.6) is 0 Å². The van der Waals surface area contributed by atoms with Gasteiger partial charge in [0.15, 0.2) is 0 Å². The Morgan fingerprint density at radius 3 is 2.90 bits per heavy atom. The number of carbonyl (C=O) groups excluding carboxylic acids is 2. The van der Waals surface area contributed by atoms with Crippen LogP contribution in [0.4, 0.5) is 10.1 Å². The maximum atomic E-state index is 13.2. The average molecular weight is 281 g/mol. The summed E-state index contributed by atoms with van der Waals surface area (Å²) in [4.78, 5) is 34.6. The second-order valence-corrected chi connectivity index (χ2v) is 4.35. The maximum absolute atomic E-state index is 13.2. The standard InChI is InChI=1S/C12H12FN3O4/c13-9-3-2-8(6-10(9)16(19)20)12(18)15-5-1-4-14-11(17)7-15/h2-3,6H,1,4-5,7H2,(H,14,17). The topological polar surface area (TPSA) is 92.5 Å². The van der Waals surface area contributed by atoms with Crippen LogP contribution in [0.2, 0.25) is 0 Å². The van der Waals surface area contributed by atoms with Crippen LogP contribution in [0.1, 0.15) is 16.8 Å². The smallest absolute Gasteiger partial charge is 0.305 e. The highest BCUT2D eigenvalue weighted by molar-refractivity contribution is 5.97. The average Bonchev–Trinajstić information content (AvgIpc) is 2.63. The van der Waals surface area contributed by atoms with E-state index in [4.69, 9.17) is 0 Å². The Hall–Kier alpha value is -2.51. The van der Waals surface area contributed by atoms with E-state index in [-0.39, 0.29) is 18.0 Å². The van der Waals surface area contributed by atoms with E-state index in [2.05, 4.69) is 5.32 Å². The van der Waals surface area contributed by atoms with Crippen LogP contribution >= 0.6 is 0 Å². The molecule has 7 nitrogen and oxygen atoms in total. The summed E-state index contributed by atoms with van der Waals surface area (Å²) in [6.07, 6.45) is 0.598. The minimum atomic E-state index is -1.000. The van der Waals surface area contributed by atoms with E-state index in [1.54, 1.807) is 0 Å². The highest BCUT2D eigenvalue weighted by Gasteiger charge is 2.23. The molecule has 0 saturated carbocycles. The summed E-state index contributed by atoms with van der Waals surface area (Å²) in [5, 5.41) is 13.3. The molecule has 2 amide bonds. The zero-order valence-corrected chi connectivity index (χ0v) is 10.5. The van der Waals surface area contributed by atoms with Crippen molar-refractivity contribution in [3.05, 3.63) is 39.7 Å². The van der Waals surface area contributed by atoms with Gasteiger partial charge in [-0.15, -0.1) is 0 Å². The Morgan fingerprint density at radius 2 is 2.20 bits per heavy atom. The molecule has 1 aromatic carbocycles. The second kappa shape index (κ2) is 5.64. The van der Waals surface area contributed by atoms with Crippen molar-refractivity contribution in [2.45, 2.75) is 6.42 Å². The predicted molar refractivity (Wildman–Crippen MR) is 66.6 cm³/mol. The quantitative estimate of drug-likeness (QED) is 0.637. The number of benzene rings is 1. The summed E-state index contributed by atoms with van der Waals surface area (Å²) >= 11 is 0. The largest absolute Gasteiger partial charge is 0.354 e. The van der Waals surface area contributed by atoms with Gasteiger partial charge in [-0.1, -0.05) is 0 Å². The third-order valence-electron chi connectivity index (χ3n) is 2.94. The zero-order valence-electron chi connectivity index (χ0n) is 10.5. The third-order valence-corrected chi connectivity index (χ3v) is 2.94. The van der Waals surface area contributed by atoms with Crippen molar-refractivity contribution in [3.8, 4) is 0 Å². The lowest BCUT2D eigenvalue weighted by atomic mass is 10.1. The molecule has 1 N–H and O–H groups in total. The molecule has 2 rings (SSSR count). The lowest BCUT2D eigenvalue weighted by Crippen LogP contribution is -2.37. The lowest BCUT2D eigenvalue weighted by molar-refractivity contribution is -0.387. The number of nitro groups is 1. The van der Waals surface area contributed by atoms with Gasteiger partial charge in [0.05, 0.1) is 11.5 Å². The molecule has 0 aromatic heterocycles. The number of rotatable bonds is 2. The van der Waals surface area contributed by atoms with Gasteiger partial charge in [0.1, 0.15) is 0 Å². The van der Waals surface area contributed by atoms with Gasteiger partial charge in [0.25, 0.3) is 5.91 Å². The molecule has 1 aliphatic heterocycles. The molecule has 0 unspecified atom stereocenters. The molecule has 20 heavy (non-hydrogen) atoms. The van der Waals surface area contributed by atoms with Crippen molar-refractivity contribution in [1.29, 1.82) is 0 Å². The highest BCUT2D eigenvalue weighted by Crippen LogP contribution is 2.19. The Balaban J connectivity index is 2.26. The highest BCUT2D eigenvalue weighted by atomic mass is 19.1. The third kappa shape index (κ3) is 2.90. The molecule has 0 aliphatic carbocycles. The molecule has 1 heterocycles. The van der Waals surface area contributed by atoms with Crippen LogP contribution in [0.25, 0.3) is 0 Å². The molecule has 1 fully saturated rings. The first-order valence-electron chi connectivity index (χ1n) is 5.99. The van der Waals surface area contributed by atoms with Gasteiger partial charge in [0, 0.05) is 24.7 Å². The van der Waals surface area contributed by atoms with E-state index in [0.717, 1.165) is 12.1 Å². The number of hydrogen-bond acceptors (Lipinski definition) is 4. The van der Waals surface area contributed by atoms with Crippen molar-refractivity contribution in [1.82, 2.24) is 10.2 Å². The maximum Gasteiger partial charge on any atom is 0.305 e. The predicted octanol–water partition coefficient (Wildman–Crippen LogP) is 0.696. The number of carbonyl (C=O) groups is 2. The zero-order chi connectivity index (χ0) is 14.7. The van der Waals surface area contributed by atoms with Gasteiger partial charge in [-0.05, 0) is 18.6 Å². The van der Waals surface area contributed by atoms with Crippen molar-refractivity contribution in [2.75, 3.05) is 19.6 Å². The Labute approximate surface area is 113 Å². The van der Waals surface area contributed by atoms with Crippen LogP contribution in [0, 0.1) is 15.9 Å². The fourth-order valence-electron chi connectivity index (χ4n) is 1.95. The molecule has 0 spiro atoms. The SMILES string of the molecule is O=C1CN(C(=O)c2ccc(F)c([N+](=O)[O-])c2)CCCN1. The minimum absolute atomic E-state index is 0.00667. The van der Waals surface area contributed by atoms with Crippen LogP contribution in [-0.4, -0.2) is 41.3 Å². The molecule has 1 saturated heterocycles. The second-order valence-electron chi connectivity index (χ2n) is 4.35. The summed E-state index contributed by atoms with van der Waals surface area (Å²) in [7, 11) is 0. The van der Waals surface area contributed by atoms with Crippen molar-refractivity contribution in [3.63, 3.8) is 0 Å². The lowest BCUT2D eigenvalue weighted by Gasteiger charge is -2.18. The fraction of sp³-hybridized carbons (Fsp3) is 0.333. The minimum Gasteiger partial charge on any atom is -0.354 e. The van der Waals surface area contributed by atoms with Gasteiger partial charge < -0.3 is 10.2 Å². The van der Waals surface area contributed by atoms with Crippen LogP contribution in [0.15, 0.2) is 18.2 Å². The van der Waals surface area contributed by atoms with Gasteiger partial charge in [-0.3, -0.25) is 19.7 Å². The first-order chi connectivity index (χ1) is 9.49. The Bertz CT molecular complexity index is 576. The summed E-state index contributed by atoms with van der Waals surface area (Å²) in [6.45, 7) is 0.735. The summed E-state index contributed by atoms with van der Waals surface area (Å²) in [5.74, 6) is -1.81. The van der Waals surface area contributed by atoms with Crippen LogP contribution in [0.3, 0.4) is 0 Å². The molecule has 0 radical (unpaired) electrons. The Morgan fingerprint density at radius 1 is 1.45 bits per heavy atom. The molecule has 1 aromatic rings. The normalized spacial score (nSPS) is 15.4. The molecule has 1 aliphatic rings. The number of hydrogen-bond donors (Lipinski definition) is 1. The van der Waals surface area contributed by atoms with E-state index in [1.165, 1.54) is 11.0 Å². The summed E-state index contributed by atoms with van der Waals surface area (Å²) < 4.78 is 13.2. The molecular formula is C12H12FN3O4. The van der Waals surface area contributed by atoms with Gasteiger partial charge in [0.2, 0.25) is 11.7 Å². The molecule has 0 atom stereocenters. The van der Waals surface area contributed by atoms with Crippen LogP contribution in [-0.2, 0) is 4.79 Å². The van der Waals surface area contributed by atoms with E-state index in [0.29, 0.717) is 19.5 Å². The first kappa shape index (κ1) is 13.9. The van der Waals surface area contributed by atoms with Gasteiger partial charge >= 0.3 is 5.69 Å². The number of nitro benzene ring substituents is 1. The van der Waals surface area contributed by atoms with E-state index in [1.807, 2.05) is 0 Å². The monoisotopic (exact) mass is 281 g/mol. The van der Waals surface area contributed by atoms with Gasteiger partial charge in [-0.2, -0.15) is 4.39 Å². The number of amides is 2. The molecule has 106 valence electrons. The van der Waals surface area contributed by atoms with E-state index in [9.17, 15) is 24.1 Å². The van der Waals surface area contributed by atoms with Crippen molar-refractivity contribution < 1.29 is 18.9 Å². The van der Waals surface area contributed by atoms with E-state index < -0.39 is 22.3 Å². The number of nitrogens with one attached hydrogen (secondary N) is 1. The molecule has 8 heteroatoms. The van der Waals surface area contributed by atoms with Crippen LogP contribution < -0.4 is 5.32 Å². The van der Waals surface area contributed by atoms with E-state index >= 15 is 0 Å². The van der Waals surface area contributed by atoms with Crippen molar-refractivity contribution in [2.24, 2.45) is 0 Å². The first-order valence-corrected chi connectivity index (χ1v) is 5.99. The Kier molecular flexibility index (Phi) is 3.92. The molecule has 0 bridgehead atoms. The fourth-order valence-corrected chi connectivity index (χ4v) is 1.95. The van der Waals surface area contributed by atoms with Crippen molar-refractivity contribution >= 4 is 17.5 Å². The molecular weight excluding hydrogens is 269 g/mol. The number of halogens is 1.